The van der Waals surface area contributed by atoms with E-state index in [0.717, 1.165) is 6.26 Å². The molecule has 6 heteroatoms. The van der Waals surface area contributed by atoms with E-state index in [9.17, 15) is 13.2 Å². The van der Waals surface area contributed by atoms with E-state index in [1.807, 2.05) is 0 Å². The molecule has 0 spiro atoms. The highest BCUT2D eigenvalue weighted by Gasteiger charge is 2.10. The molecule has 0 radical (unpaired) electrons. The summed E-state index contributed by atoms with van der Waals surface area (Å²) in [7, 11) is -0.360. The van der Waals surface area contributed by atoms with Crippen molar-refractivity contribution in [1.82, 2.24) is 4.90 Å². The quantitative estimate of drug-likeness (QED) is 0.525. The second-order valence-corrected chi connectivity index (χ2v) is 3.97. The average molecular weight is 181 g/mol. The van der Waals surface area contributed by atoms with Crippen molar-refractivity contribution in [3.05, 3.63) is 0 Å². The lowest BCUT2D eigenvalue weighted by Crippen LogP contribution is -2.25. The fourth-order valence-electron chi connectivity index (χ4n) is 0.453. The molecule has 66 valence electrons. The molecule has 0 unspecified atom stereocenters. The van der Waals surface area contributed by atoms with E-state index < -0.39 is 16.1 Å². The predicted octanol–water partition coefficient (Wildman–Crippen LogP) is -0.949. The fraction of sp³-hybridized carbons (Fsp3) is 0.800. The standard InChI is InChI=1S/C5H11NO4S/c1-6(2)4-5(7)10-11(3,8)9/h4H2,1-3H3. The molecule has 0 saturated heterocycles. The normalized spacial score (nSPS) is 11.6. The number of rotatable bonds is 3. The van der Waals surface area contributed by atoms with E-state index in [1.54, 1.807) is 14.1 Å². The van der Waals surface area contributed by atoms with Crippen LogP contribution in [0.3, 0.4) is 0 Å². The molecule has 0 fully saturated rings. The first-order valence-corrected chi connectivity index (χ1v) is 4.70. The lowest BCUT2D eigenvalue weighted by Gasteiger charge is -2.06. The molecule has 0 aromatic heterocycles. The van der Waals surface area contributed by atoms with Crippen LogP contribution in [0, 0.1) is 0 Å². The van der Waals surface area contributed by atoms with Crippen LogP contribution < -0.4 is 0 Å². The Hall–Kier alpha value is -0.620. The van der Waals surface area contributed by atoms with Crippen molar-refractivity contribution in [2.45, 2.75) is 0 Å². The molecule has 0 N–H and O–H groups in total. The Morgan fingerprint density at radius 2 is 1.91 bits per heavy atom. The van der Waals surface area contributed by atoms with Crippen LogP contribution in [0.5, 0.6) is 0 Å². The highest BCUT2D eigenvalue weighted by atomic mass is 32.2. The number of carbonyl (C=O) groups excluding carboxylic acids is 1. The van der Waals surface area contributed by atoms with E-state index in [2.05, 4.69) is 4.18 Å². The van der Waals surface area contributed by atoms with Gasteiger partial charge in [-0.3, -0.25) is 4.90 Å². The molecule has 5 nitrogen and oxygen atoms in total. The van der Waals surface area contributed by atoms with Gasteiger partial charge in [-0.05, 0) is 14.1 Å². The summed E-state index contributed by atoms with van der Waals surface area (Å²) < 4.78 is 24.8. The van der Waals surface area contributed by atoms with Gasteiger partial charge in [-0.2, -0.15) is 8.42 Å². The molecule has 0 aliphatic carbocycles. The summed E-state index contributed by atoms with van der Waals surface area (Å²) in [4.78, 5) is 12.1. The summed E-state index contributed by atoms with van der Waals surface area (Å²) in [6, 6.07) is 0. The topological polar surface area (TPSA) is 63.7 Å². The van der Waals surface area contributed by atoms with Crippen LogP contribution in [0.2, 0.25) is 0 Å². The van der Waals surface area contributed by atoms with Gasteiger partial charge < -0.3 is 4.18 Å². The summed E-state index contributed by atoms with van der Waals surface area (Å²) in [5, 5.41) is 0. The zero-order chi connectivity index (χ0) is 9.07. The molecule has 0 bridgehead atoms. The Morgan fingerprint density at radius 3 is 2.18 bits per heavy atom. The van der Waals surface area contributed by atoms with Crippen LogP contribution in [0.4, 0.5) is 0 Å². The molecular weight excluding hydrogens is 170 g/mol. The summed E-state index contributed by atoms with van der Waals surface area (Å²) in [6.07, 6.45) is 0.834. The molecule has 0 aliphatic rings. The zero-order valence-electron chi connectivity index (χ0n) is 6.70. The Labute approximate surface area is 66.1 Å². The van der Waals surface area contributed by atoms with Crippen LogP contribution in [-0.2, 0) is 19.1 Å². The van der Waals surface area contributed by atoms with Crippen LogP contribution in [0.1, 0.15) is 0 Å². The van der Waals surface area contributed by atoms with Crippen molar-refractivity contribution >= 4 is 16.1 Å². The van der Waals surface area contributed by atoms with Crippen LogP contribution in [0.15, 0.2) is 0 Å². The highest BCUT2D eigenvalue weighted by molar-refractivity contribution is 7.86. The Bertz CT molecular complexity index is 231. The molecule has 11 heavy (non-hydrogen) atoms. The molecule has 0 aliphatic heterocycles. The second kappa shape index (κ2) is 3.68. The first kappa shape index (κ1) is 10.4. The van der Waals surface area contributed by atoms with E-state index in [0.29, 0.717) is 0 Å². The monoisotopic (exact) mass is 181 g/mol. The van der Waals surface area contributed by atoms with Crippen LogP contribution in [-0.4, -0.2) is 46.2 Å². The number of likely N-dealkylation sites (N-methyl/N-ethyl adjacent to an activating group) is 1. The van der Waals surface area contributed by atoms with E-state index in [-0.39, 0.29) is 6.54 Å². The highest BCUT2D eigenvalue weighted by Crippen LogP contribution is 1.88. The Kier molecular flexibility index (Phi) is 3.47. The van der Waals surface area contributed by atoms with E-state index >= 15 is 0 Å². The maximum absolute atomic E-state index is 10.6. The second-order valence-electron chi connectivity index (χ2n) is 2.40. The number of hydrogen-bond acceptors (Lipinski definition) is 5. The molecular formula is C5H11NO4S. The first-order valence-electron chi connectivity index (χ1n) is 2.88. The van der Waals surface area contributed by atoms with Crippen molar-refractivity contribution in [3.63, 3.8) is 0 Å². The molecule has 0 saturated carbocycles. The number of hydrogen-bond donors (Lipinski definition) is 0. The van der Waals surface area contributed by atoms with Gasteiger partial charge in [0.05, 0.1) is 12.8 Å². The number of nitrogens with zero attached hydrogens (tertiary/aromatic N) is 1. The Morgan fingerprint density at radius 1 is 1.45 bits per heavy atom. The van der Waals surface area contributed by atoms with Gasteiger partial charge in [-0.15, -0.1) is 0 Å². The molecule has 0 atom stereocenters. The molecule has 0 amide bonds. The molecule has 0 heterocycles. The summed E-state index contributed by atoms with van der Waals surface area (Å²) in [5.74, 6) is -0.766. The van der Waals surface area contributed by atoms with E-state index in [1.165, 1.54) is 4.90 Å². The van der Waals surface area contributed by atoms with Crippen molar-refractivity contribution < 1.29 is 17.4 Å². The largest absolute Gasteiger partial charge is 0.344 e. The minimum absolute atomic E-state index is 0.0347. The van der Waals surface area contributed by atoms with Gasteiger partial charge in [0.1, 0.15) is 0 Å². The Balaban J connectivity index is 3.91. The summed E-state index contributed by atoms with van der Waals surface area (Å²) in [6.45, 7) is -0.0347. The minimum atomic E-state index is -3.65. The third-order valence-corrected chi connectivity index (χ3v) is 1.18. The first-order chi connectivity index (χ1) is 4.81. The molecule has 0 aromatic rings. The van der Waals surface area contributed by atoms with E-state index in [4.69, 9.17) is 0 Å². The predicted molar refractivity (Wildman–Crippen MR) is 39.5 cm³/mol. The summed E-state index contributed by atoms with van der Waals surface area (Å²) >= 11 is 0. The molecule has 0 rings (SSSR count). The van der Waals surface area contributed by atoms with Gasteiger partial charge in [0.25, 0.3) is 0 Å². The summed E-state index contributed by atoms with van der Waals surface area (Å²) in [5.41, 5.74) is 0. The maximum atomic E-state index is 10.6. The van der Waals surface area contributed by atoms with Crippen molar-refractivity contribution in [2.24, 2.45) is 0 Å². The third kappa shape index (κ3) is 7.27. The van der Waals surface area contributed by atoms with Gasteiger partial charge in [0.2, 0.25) is 0 Å². The molecule has 0 aromatic carbocycles. The SMILES string of the molecule is CN(C)CC(=O)OS(C)(=O)=O. The van der Waals surface area contributed by atoms with Crippen LogP contribution in [0.25, 0.3) is 0 Å². The smallest absolute Gasteiger partial charge is 0.336 e. The average Bonchev–Trinajstić information content (AvgIpc) is 1.53. The van der Waals surface area contributed by atoms with Crippen molar-refractivity contribution in [3.8, 4) is 0 Å². The maximum Gasteiger partial charge on any atom is 0.336 e. The minimum Gasteiger partial charge on any atom is -0.344 e. The lowest BCUT2D eigenvalue weighted by atomic mass is 10.6. The van der Waals surface area contributed by atoms with Crippen molar-refractivity contribution in [2.75, 3.05) is 26.9 Å². The van der Waals surface area contributed by atoms with Gasteiger partial charge in [-0.25, -0.2) is 4.79 Å². The van der Waals surface area contributed by atoms with Gasteiger partial charge >= 0.3 is 16.1 Å². The zero-order valence-corrected chi connectivity index (χ0v) is 7.51. The fourth-order valence-corrected chi connectivity index (χ4v) is 0.844. The van der Waals surface area contributed by atoms with Gasteiger partial charge in [0.15, 0.2) is 0 Å². The lowest BCUT2D eigenvalue weighted by molar-refractivity contribution is -0.134. The van der Waals surface area contributed by atoms with Gasteiger partial charge in [0, 0.05) is 0 Å². The number of carbonyl (C=O) groups is 1. The third-order valence-electron chi connectivity index (χ3n) is 0.690. The van der Waals surface area contributed by atoms with Gasteiger partial charge in [-0.1, -0.05) is 0 Å². The van der Waals surface area contributed by atoms with Crippen LogP contribution >= 0.6 is 0 Å². The van der Waals surface area contributed by atoms with Crippen molar-refractivity contribution in [1.29, 1.82) is 0 Å².